The van der Waals surface area contributed by atoms with Gasteiger partial charge in [-0.15, -0.1) is 6.58 Å². The second-order valence-corrected chi connectivity index (χ2v) is 6.21. The van der Waals surface area contributed by atoms with Crippen molar-refractivity contribution in [2.45, 2.75) is 32.1 Å². The number of hydrogen-bond acceptors (Lipinski definition) is 3. The van der Waals surface area contributed by atoms with Crippen LogP contribution >= 0.6 is 0 Å². The summed E-state index contributed by atoms with van der Waals surface area (Å²) in [5.41, 5.74) is 1.32. The minimum absolute atomic E-state index is 0.0134. The van der Waals surface area contributed by atoms with Crippen LogP contribution in [0.3, 0.4) is 0 Å². The van der Waals surface area contributed by atoms with Crippen molar-refractivity contribution in [2.24, 2.45) is 4.99 Å². The van der Waals surface area contributed by atoms with Crippen LogP contribution in [0.1, 0.15) is 32.3 Å². The lowest BCUT2D eigenvalue weighted by Gasteiger charge is -2.36. The molecule has 1 aliphatic rings. The van der Waals surface area contributed by atoms with Gasteiger partial charge in [-0.1, -0.05) is 18.2 Å². The number of guanidine groups is 1. The van der Waals surface area contributed by atoms with Gasteiger partial charge in [0.05, 0.1) is 13.2 Å². The molecule has 0 radical (unpaired) electrons. The van der Waals surface area contributed by atoms with E-state index in [9.17, 15) is 0 Å². The summed E-state index contributed by atoms with van der Waals surface area (Å²) in [5, 5.41) is 6.57. The molecule has 0 saturated carbocycles. The number of ether oxygens (including phenoxy) is 2. The lowest BCUT2D eigenvalue weighted by Crippen LogP contribution is -2.41. The van der Waals surface area contributed by atoms with Crippen LogP contribution in [0.4, 0.5) is 0 Å². The van der Waals surface area contributed by atoms with E-state index >= 15 is 0 Å². The summed E-state index contributed by atoms with van der Waals surface area (Å²) in [7, 11) is 0. The molecule has 0 bridgehead atoms. The summed E-state index contributed by atoms with van der Waals surface area (Å²) in [6.07, 6.45) is 3.79. The number of hydrogen-bond donors (Lipinski definition) is 2. The summed E-state index contributed by atoms with van der Waals surface area (Å²) in [6, 6.07) is 8.47. The van der Waals surface area contributed by atoms with E-state index in [1.807, 2.05) is 13.0 Å². The van der Waals surface area contributed by atoms with Crippen LogP contribution in [0.2, 0.25) is 0 Å². The highest BCUT2D eigenvalue weighted by atomic mass is 16.5. The highest BCUT2D eigenvalue weighted by Crippen LogP contribution is 2.36. The zero-order valence-corrected chi connectivity index (χ0v) is 15.5. The van der Waals surface area contributed by atoms with Crippen molar-refractivity contribution in [2.75, 3.05) is 39.5 Å². The molecule has 0 atom stereocenters. The fourth-order valence-electron chi connectivity index (χ4n) is 3.11. The smallest absolute Gasteiger partial charge is 0.191 e. The fourth-order valence-corrected chi connectivity index (χ4v) is 3.11. The van der Waals surface area contributed by atoms with Gasteiger partial charge in [0, 0.05) is 31.7 Å². The van der Waals surface area contributed by atoms with Crippen molar-refractivity contribution in [3.8, 4) is 5.75 Å². The maximum atomic E-state index is 5.61. The zero-order valence-electron chi connectivity index (χ0n) is 15.5. The third-order valence-corrected chi connectivity index (χ3v) is 4.53. The van der Waals surface area contributed by atoms with E-state index < -0.39 is 0 Å². The maximum absolute atomic E-state index is 5.61. The van der Waals surface area contributed by atoms with Gasteiger partial charge >= 0.3 is 0 Å². The molecule has 1 fully saturated rings. The molecule has 1 aliphatic heterocycles. The lowest BCUT2D eigenvalue weighted by molar-refractivity contribution is 0.0531. The van der Waals surface area contributed by atoms with Gasteiger partial charge in [-0.25, -0.2) is 0 Å². The molecule has 2 rings (SSSR count). The Morgan fingerprint density at radius 2 is 1.96 bits per heavy atom. The number of rotatable bonds is 8. The van der Waals surface area contributed by atoms with Crippen LogP contribution in [-0.4, -0.2) is 45.4 Å². The maximum Gasteiger partial charge on any atom is 0.191 e. The van der Waals surface area contributed by atoms with E-state index in [0.717, 1.165) is 50.9 Å². The minimum atomic E-state index is 0.0134. The van der Waals surface area contributed by atoms with E-state index in [-0.39, 0.29) is 5.41 Å². The minimum Gasteiger partial charge on any atom is -0.494 e. The van der Waals surface area contributed by atoms with Crippen molar-refractivity contribution in [3.63, 3.8) is 0 Å². The first-order valence-electron chi connectivity index (χ1n) is 9.18. The first-order chi connectivity index (χ1) is 12.2. The third-order valence-electron chi connectivity index (χ3n) is 4.53. The number of benzene rings is 1. The van der Waals surface area contributed by atoms with E-state index in [1.54, 1.807) is 0 Å². The van der Waals surface area contributed by atoms with Crippen molar-refractivity contribution in [1.29, 1.82) is 0 Å². The van der Waals surface area contributed by atoms with Crippen LogP contribution in [0.15, 0.2) is 41.9 Å². The summed E-state index contributed by atoms with van der Waals surface area (Å²) in [5.74, 6) is 1.75. The number of nitrogens with zero attached hydrogens (tertiary/aromatic N) is 1. The first-order valence-corrected chi connectivity index (χ1v) is 9.18. The SMILES string of the molecule is C=CCNC(=NCC1(c2ccc(OCC)cc2)CCOCC1)NCC. The molecule has 1 aromatic carbocycles. The molecule has 5 heteroatoms. The Hall–Kier alpha value is -2.01. The molecule has 0 aliphatic carbocycles. The van der Waals surface area contributed by atoms with E-state index in [0.29, 0.717) is 13.2 Å². The molecule has 25 heavy (non-hydrogen) atoms. The van der Waals surface area contributed by atoms with Crippen molar-refractivity contribution >= 4 is 5.96 Å². The standard InChI is InChI=1S/C20H31N3O2/c1-4-13-22-19(21-5-2)23-16-20(11-14-24-15-12-20)17-7-9-18(10-8-17)25-6-3/h4,7-10H,1,5-6,11-16H2,2-3H3,(H2,21,22,23). The molecule has 138 valence electrons. The molecular formula is C20H31N3O2. The van der Waals surface area contributed by atoms with Gasteiger partial charge in [-0.3, -0.25) is 4.99 Å². The predicted octanol–water partition coefficient (Wildman–Crippen LogP) is 2.87. The zero-order chi connectivity index (χ0) is 18.0. The Labute approximate surface area is 151 Å². The van der Waals surface area contributed by atoms with Gasteiger partial charge in [0.1, 0.15) is 5.75 Å². The molecule has 0 spiro atoms. The monoisotopic (exact) mass is 345 g/mol. The molecule has 1 saturated heterocycles. The molecular weight excluding hydrogens is 314 g/mol. The van der Waals surface area contributed by atoms with Crippen LogP contribution in [0.25, 0.3) is 0 Å². The second kappa shape index (κ2) is 10.1. The fraction of sp³-hybridized carbons (Fsp3) is 0.550. The van der Waals surface area contributed by atoms with Crippen molar-refractivity contribution in [3.05, 3.63) is 42.5 Å². The molecule has 0 unspecified atom stereocenters. The van der Waals surface area contributed by atoms with Gasteiger partial charge in [-0.05, 0) is 44.4 Å². The van der Waals surface area contributed by atoms with Crippen LogP contribution in [-0.2, 0) is 10.2 Å². The number of aliphatic imine (C=N–C) groups is 1. The van der Waals surface area contributed by atoms with E-state index in [2.05, 4.69) is 48.4 Å². The van der Waals surface area contributed by atoms with Gasteiger partial charge in [-0.2, -0.15) is 0 Å². The average Bonchev–Trinajstić information content (AvgIpc) is 2.65. The van der Waals surface area contributed by atoms with Gasteiger partial charge in [0.15, 0.2) is 5.96 Å². The molecule has 1 heterocycles. The Balaban J connectivity index is 2.19. The molecule has 1 aromatic rings. The predicted molar refractivity (Wildman–Crippen MR) is 104 cm³/mol. The lowest BCUT2D eigenvalue weighted by atomic mass is 9.74. The first kappa shape index (κ1) is 19.3. The molecule has 5 nitrogen and oxygen atoms in total. The Morgan fingerprint density at radius 1 is 1.24 bits per heavy atom. The van der Waals surface area contributed by atoms with Gasteiger partial charge < -0.3 is 20.1 Å². The highest BCUT2D eigenvalue weighted by molar-refractivity contribution is 5.79. The number of nitrogens with one attached hydrogen (secondary N) is 2. The van der Waals surface area contributed by atoms with Crippen molar-refractivity contribution < 1.29 is 9.47 Å². The Morgan fingerprint density at radius 3 is 2.56 bits per heavy atom. The van der Waals surface area contributed by atoms with E-state index in [4.69, 9.17) is 14.5 Å². The van der Waals surface area contributed by atoms with Gasteiger partial charge in [0.2, 0.25) is 0 Å². The van der Waals surface area contributed by atoms with Crippen LogP contribution in [0.5, 0.6) is 5.75 Å². The van der Waals surface area contributed by atoms with E-state index in [1.165, 1.54) is 5.56 Å². The largest absolute Gasteiger partial charge is 0.494 e. The summed E-state index contributed by atoms with van der Waals surface area (Å²) < 4.78 is 11.2. The molecule has 0 amide bonds. The highest BCUT2D eigenvalue weighted by Gasteiger charge is 2.34. The normalized spacial score (nSPS) is 17.0. The van der Waals surface area contributed by atoms with Gasteiger partial charge in [0.25, 0.3) is 0 Å². The average molecular weight is 345 g/mol. The van der Waals surface area contributed by atoms with Crippen LogP contribution in [0, 0.1) is 0 Å². The summed E-state index contributed by atoms with van der Waals surface area (Å²) >= 11 is 0. The second-order valence-electron chi connectivity index (χ2n) is 6.21. The topological polar surface area (TPSA) is 54.9 Å². The summed E-state index contributed by atoms with van der Waals surface area (Å²) in [4.78, 5) is 4.84. The molecule has 0 aromatic heterocycles. The Bertz CT molecular complexity index is 549. The molecule has 2 N–H and O–H groups in total. The van der Waals surface area contributed by atoms with Crippen molar-refractivity contribution in [1.82, 2.24) is 10.6 Å². The third kappa shape index (κ3) is 5.49. The quantitative estimate of drug-likeness (QED) is 0.432. The summed E-state index contributed by atoms with van der Waals surface area (Å²) in [6.45, 7) is 12.3. The van der Waals surface area contributed by atoms with Crippen LogP contribution < -0.4 is 15.4 Å². The Kier molecular flexibility index (Phi) is 7.79.